The molecule has 0 radical (unpaired) electrons. The molecule has 1 amide bonds. The lowest BCUT2D eigenvalue weighted by atomic mass is 10.2. The van der Waals surface area contributed by atoms with Crippen LogP contribution < -0.4 is 11.3 Å². The molecule has 0 aromatic heterocycles. The molecule has 4 heteroatoms. The van der Waals surface area contributed by atoms with Crippen molar-refractivity contribution in [3.63, 3.8) is 0 Å². The standard InChI is InChI=1S/C10H22N2O2/c1-3-9(2)14-8-6-4-5-7-10(13)12-11/h9H,3-8,11H2,1-2H3,(H,12,13). The normalized spacial score (nSPS) is 12.5. The lowest BCUT2D eigenvalue weighted by molar-refractivity contribution is -0.121. The molecule has 0 fully saturated rings. The minimum Gasteiger partial charge on any atom is -0.379 e. The maximum atomic E-state index is 10.7. The molecule has 4 nitrogen and oxygen atoms in total. The van der Waals surface area contributed by atoms with Crippen molar-refractivity contribution in [3.8, 4) is 0 Å². The van der Waals surface area contributed by atoms with Crippen LogP contribution in [0.5, 0.6) is 0 Å². The second kappa shape index (κ2) is 8.97. The SMILES string of the molecule is CCC(C)OCCCCCC(=O)NN. The molecule has 0 bridgehead atoms. The first-order valence-corrected chi connectivity index (χ1v) is 5.31. The number of carbonyl (C=O) groups excluding carboxylic acids is 1. The molecule has 0 aliphatic rings. The van der Waals surface area contributed by atoms with Crippen molar-refractivity contribution >= 4 is 5.91 Å². The minimum absolute atomic E-state index is 0.0900. The molecule has 0 saturated heterocycles. The Kier molecular flexibility index (Phi) is 8.57. The van der Waals surface area contributed by atoms with E-state index < -0.39 is 0 Å². The summed E-state index contributed by atoms with van der Waals surface area (Å²) in [6, 6.07) is 0. The third-order valence-corrected chi connectivity index (χ3v) is 2.19. The van der Waals surface area contributed by atoms with E-state index in [2.05, 4.69) is 19.3 Å². The molecule has 0 saturated carbocycles. The van der Waals surface area contributed by atoms with Gasteiger partial charge in [0.05, 0.1) is 6.10 Å². The summed E-state index contributed by atoms with van der Waals surface area (Å²) in [5.41, 5.74) is 2.11. The fraction of sp³-hybridized carbons (Fsp3) is 0.900. The van der Waals surface area contributed by atoms with E-state index >= 15 is 0 Å². The van der Waals surface area contributed by atoms with E-state index in [1.807, 2.05) is 0 Å². The van der Waals surface area contributed by atoms with E-state index in [1.54, 1.807) is 0 Å². The maximum absolute atomic E-state index is 10.7. The Balaban J connectivity index is 3.10. The van der Waals surface area contributed by atoms with Crippen LogP contribution in [0.1, 0.15) is 46.0 Å². The van der Waals surface area contributed by atoms with Gasteiger partial charge in [-0.1, -0.05) is 13.3 Å². The van der Waals surface area contributed by atoms with Crippen molar-refractivity contribution in [2.24, 2.45) is 5.84 Å². The van der Waals surface area contributed by atoms with Crippen LogP contribution in [0.3, 0.4) is 0 Å². The maximum Gasteiger partial charge on any atom is 0.233 e. The number of rotatable bonds is 8. The highest BCUT2D eigenvalue weighted by Gasteiger charge is 1.99. The van der Waals surface area contributed by atoms with Gasteiger partial charge in [0, 0.05) is 13.0 Å². The van der Waals surface area contributed by atoms with Gasteiger partial charge in [-0.3, -0.25) is 10.2 Å². The molecule has 1 atom stereocenters. The predicted octanol–water partition coefficient (Wildman–Crippen LogP) is 1.35. The van der Waals surface area contributed by atoms with Crippen LogP contribution in [0.25, 0.3) is 0 Å². The number of amides is 1. The Morgan fingerprint density at radius 1 is 1.43 bits per heavy atom. The van der Waals surface area contributed by atoms with Crippen molar-refractivity contribution in [3.05, 3.63) is 0 Å². The van der Waals surface area contributed by atoms with Gasteiger partial charge in [0.1, 0.15) is 0 Å². The summed E-state index contributed by atoms with van der Waals surface area (Å²) in [6.07, 6.45) is 4.83. The smallest absolute Gasteiger partial charge is 0.233 e. The summed E-state index contributed by atoms with van der Waals surface area (Å²) in [5, 5.41) is 0. The highest BCUT2D eigenvalue weighted by Crippen LogP contribution is 2.02. The Hall–Kier alpha value is -0.610. The summed E-state index contributed by atoms with van der Waals surface area (Å²) < 4.78 is 5.50. The van der Waals surface area contributed by atoms with Crippen LogP contribution in [-0.4, -0.2) is 18.6 Å². The summed E-state index contributed by atoms with van der Waals surface area (Å²) in [4.78, 5) is 10.7. The number of nitrogens with one attached hydrogen (secondary N) is 1. The summed E-state index contributed by atoms with van der Waals surface area (Å²) in [6.45, 7) is 4.97. The van der Waals surface area contributed by atoms with Crippen LogP contribution in [0.4, 0.5) is 0 Å². The summed E-state index contributed by atoms with van der Waals surface area (Å²) >= 11 is 0. The molecular formula is C10H22N2O2. The topological polar surface area (TPSA) is 64.3 Å². The lowest BCUT2D eigenvalue weighted by Gasteiger charge is -2.09. The number of hydrogen-bond acceptors (Lipinski definition) is 3. The Morgan fingerprint density at radius 2 is 2.14 bits per heavy atom. The van der Waals surface area contributed by atoms with Crippen molar-refractivity contribution in [1.82, 2.24) is 5.43 Å². The molecule has 0 heterocycles. The van der Waals surface area contributed by atoms with Gasteiger partial charge in [0.2, 0.25) is 5.91 Å². The number of hydrogen-bond donors (Lipinski definition) is 2. The number of nitrogens with two attached hydrogens (primary N) is 1. The Morgan fingerprint density at radius 3 is 2.71 bits per heavy atom. The first-order valence-electron chi connectivity index (χ1n) is 5.31. The summed E-state index contributed by atoms with van der Waals surface area (Å²) in [7, 11) is 0. The number of hydrazine groups is 1. The van der Waals surface area contributed by atoms with E-state index in [1.165, 1.54) is 0 Å². The van der Waals surface area contributed by atoms with Gasteiger partial charge in [-0.2, -0.15) is 0 Å². The van der Waals surface area contributed by atoms with Crippen molar-refractivity contribution in [1.29, 1.82) is 0 Å². The van der Waals surface area contributed by atoms with E-state index in [-0.39, 0.29) is 5.91 Å². The zero-order valence-electron chi connectivity index (χ0n) is 9.21. The monoisotopic (exact) mass is 202 g/mol. The van der Waals surface area contributed by atoms with Gasteiger partial charge in [-0.25, -0.2) is 5.84 Å². The fourth-order valence-electron chi connectivity index (χ4n) is 1.04. The molecule has 1 unspecified atom stereocenters. The molecule has 84 valence electrons. The van der Waals surface area contributed by atoms with Gasteiger partial charge < -0.3 is 4.74 Å². The Bertz CT molecular complexity index is 151. The van der Waals surface area contributed by atoms with E-state index in [0.29, 0.717) is 12.5 Å². The third kappa shape index (κ3) is 8.01. The first-order chi connectivity index (χ1) is 6.70. The molecule has 14 heavy (non-hydrogen) atoms. The van der Waals surface area contributed by atoms with Crippen LogP contribution in [0.2, 0.25) is 0 Å². The molecular weight excluding hydrogens is 180 g/mol. The fourth-order valence-corrected chi connectivity index (χ4v) is 1.04. The lowest BCUT2D eigenvalue weighted by Crippen LogP contribution is -2.29. The van der Waals surface area contributed by atoms with Gasteiger partial charge in [-0.15, -0.1) is 0 Å². The molecule has 3 N–H and O–H groups in total. The highest BCUT2D eigenvalue weighted by atomic mass is 16.5. The van der Waals surface area contributed by atoms with Gasteiger partial charge in [-0.05, 0) is 26.2 Å². The number of unbranched alkanes of at least 4 members (excludes halogenated alkanes) is 2. The Labute approximate surface area is 86.2 Å². The largest absolute Gasteiger partial charge is 0.379 e. The molecule has 0 spiro atoms. The van der Waals surface area contributed by atoms with Gasteiger partial charge in [0.25, 0.3) is 0 Å². The van der Waals surface area contributed by atoms with Gasteiger partial charge in [0.15, 0.2) is 0 Å². The second-order valence-electron chi connectivity index (χ2n) is 3.47. The molecule has 0 aromatic carbocycles. The van der Waals surface area contributed by atoms with E-state index in [4.69, 9.17) is 10.6 Å². The van der Waals surface area contributed by atoms with Gasteiger partial charge >= 0.3 is 0 Å². The number of carbonyl (C=O) groups is 1. The van der Waals surface area contributed by atoms with Crippen LogP contribution in [-0.2, 0) is 9.53 Å². The van der Waals surface area contributed by atoms with Crippen molar-refractivity contribution in [2.75, 3.05) is 6.61 Å². The predicted molar refractivity (Wildman–Crippen MR) is 56.5 cm³/mol. The van der Waals surface area contributed by atoms with Crippen molar-refractivity contribution < 1.29 is 9.53 Å². The zero-order valence-corrected chi connectivity index (χ0v) is 9.21. The second-order valence-corrected chi connectivity index (χ2v) is 3.47. The average molecular weight is 202 g/mol. The van der Waals surface area contributed by atoms with Crippen molar-refractivity contribution in [2.45, 2.75) is 52.1 Å². The first kappa shape index (κ1) is 13.4. The zero-order chi connectivity index (χ0) is 10.8. The molecule has 0 rings (SSSR count). The average Bonchev–Trinajstić information content (AvgIpc) is 2.22. The quantitative estimate of drug-likeness (QED) is 0.270. The third-order valence-electron chi connectivity index (χ3n) is 2.19. The minimum atomic E-state index is -0.0900. The molecule has 0 aliphatic carbocycles. The van der Waals surface area contributed by atoms with E-state index in [9.17, 15) is 4.79 Å². The molecule has 0 aliphatic heterocycles. The molecule has 0 aromatic rings. The van der Waals surface area contributed by atoms with Crippen LogP contribution in [0, 0.1) is 0 Å². The summed E-state index contributed by atoms with van der Waals surface area (Å²) in [5.74, 6) is 4.86. The number of ether oxygens (including phenoxy) is 1. The van der Waals surface area contributed by atoms with E-state index in [0.717, 1.165) is 32.3 Å². The van der Waals surface area contributed by atoms with Crippen LogP contribution in [0.15, 0.2) is 0 Å². The van der Waals surface area contributed by atoms with Crippen LogP contribution >= 0.6 is 0 Å². The highest BCUT2D eigenvalue weighted by molar-refractivity contribution is 5.74.